The zero-order valence-corrected chi connectivity index (χ0v) is 9.55. The van der Waals surface area contributed by atoms with E-state index >= 15 is 0 Å². The molecule has 0 saturated heterocycles. The van der Waals surface area contributed by atoms with Crippen molar-refractivity contribution < 1.29 is 9.53 Å². The van der Waals surface area contributed by atoms with Crippen LogP contribution in [0.25, 0.3) is 0 Å². The van der Waals surface area contributed by atoms with Crippen molar-refractivity contribution in [2.24, 2.45) is 7.05 Å². The predicted octanol–water partition coefficient (Wildman–Crippen LogP) is 1.65. The summed E-state index contributed by atoms with van der Waals surface area (Å²) in [6.45, 7) is 0. The molecule has 1 heterocycles. The Balaban J connectivity index is 3.02. The number of nitrogens with zero attached hydrogens (tertiary/aromatic N) is 2. The van der Waals surface area contributed by atoms with Crippen molar-refractivity contribution in [3.63, 3.8) is 0 Å². The first-order valence-corrected chi connectivity index (χ1v) is 6.45. The highest BCUT2D eigenvalue weighted by molar-refractivity contribution is 14.2. The summed E-state index contributed by atoms with van der Waals surface area (Å²) in [5, 5.41) is 0.788. The number of carbonyl (C=O) groups excluding carboxylic acids is 1. The van der Waals surface area contributed by atoms with E-state index in [0.717, 1.165) is 5.16 Å². The number of ether oxygens (including phenoxy) is 1. The van der Waals surface area contributed by atoms with E-state index in [4.69, 9.17) is 0 Å². The summed E-state index contributed by atoms with van der Waals surface area (Å²) in [6.07, 6.45) is 1.51. The molecule has 1 aromatic rings. The van der Waals surface area contributed by atoms with Crippen LogP contribution >= 0.6 is 30.1 Å². The lowest BCUT2D eigenvalue weighted by atomic mass is 10.5. The number of hydrogen-bond donors (Lipinski definition) is 0. The fourth-order valence-corrected chi connectivity index (χ4v) is 2.28. The van der Waals surface area contributed by atoms with Crippen molar-refractivity contribution in [3.05, 3.63) is 11.9 Å². The molecule has 0 atom stereocenters. The van der Waals surface area contributed by atoms with E-state index in [9.17, 15) is 4.79 Å². The van der Waals surface area contributed by atoms with E-state index in [1.165, 1.54) is 22.2 Å². The summed E-state index contributed by atoms with van der Waals surface area (Å²) >= 11 is 2.11. The largest absolute Gasteiger partial charge is 0.464 e. The van der Waals surface area contributed by atoms with Gasteiger partial charge >= 0.3 is 5.97 Å². The van der Waals surface area contributed by atoms with Crippen molar-refractivity contribution in [2.75, 3.05) is 7.11 Å². The second kappa shape index (κ2) is 4.13. The maximum absolute atomic E-state index is 11.1. The molecule has 12 heavy (non-hydrogen) atoms. The first-order chi connectivity index (χ1) is 5.70. The first-order valence-electron chi connectivity index (χ1n) is 3.09. The van der Waals surface area contributed by atoms with Gasteiger partial charge in [0.1, 0.15) is 5.69 Å². The fourth-order valence-electron chi connectivity index (χ4n) is 0.758. The van der Waals surface area contributed by atoms with E-state index in [-0.39, 0.29) is 5.97 Å². The van der Waals surface area contributed by atoms with Gasteiger partial charge in [-0.3, -0.25) is 0 Å². The molecule has 6 heteroatoms. The van der Waals surface area contributed by atoms with Gasteiger partial charge in [0.15, 0.2) is 5.16 Å². The van der Waals surface area contributed by atoms with Crippen LogP contribution in [-0.4, -0.2) is 22.6 Å². The molecule has 0 N–H and O–H groups in total. The van der Waals surface area contributed by atoms with Gasteiger partial charge in [0.25, 0.3) is 0 Å². The Morgan fingerprint density at radius 2 is 2.50 bits per heavy atom. The topological polar surface area (TPSA) is 44.1 Å². The smallest absolute Gasteiger partial charge is 0.356 e. The van der Waals surface area contributed by atoms with Crippen LogP contribution in [0.3, 0.4) is 0 Å². The van der Waals surface area contributed by atoms with Crippen molar-refractivity contribution >= 4 is 36.1 Å². The second-order valence-electron chi connectivity index (χ2n) is 2.05. The molecule has 1 rings (SSSR count). The van der Waals surface area contributed by atoms with Gasteiger partial charge < -0.3 is 9.30 Å². The van der Waals surface area contributed by atoms with Gasteiger partial charge in [0.05, 0.1) is 13.3 Å². The van der Waals surface area contributed by atoms with Crippen LogP contribution in [0.4, 0.5) is 0 Å². The number of carbonyl (C=O) groups is 1. The minimum absolute atomic E-state index is 0.360. The third-order valence-electron chi connectivity index (χ3n) is 1.41. The molecule has 0 bridgehead atoms. The summed E-state index contributed by atoms with van der Waals surface area (Å²) < 4.78 is 6.26. The predicted molar refractivity (Wildman–Crippen MR) is 54.4 cm³/mol. The molecular formula is C6H7IN2O2S. The number of esters is 1. The molecule has 0 aromatic carbocycles. The van der Waals surface area contributed by atoms with Crippen molar-refractivity contribution in [2.45, 2.75) is 5.16 Å². The van der Waals surface area contributed by atoms with Crippen LogP contribution < -0.4 is 0 Å². The van der Waals surface area contributed by atoms with Gasteiger partial charge in [0.2, 0.25) is 0 Å². The highest BCUT2D eigenvalue weighted by atomic mass is 127. The average molecular weight is 298 g/mol. The minimum Gasteiger partial charge on any atom is -0.464 e. The monoisotopic (exact) mass is 298 g/mol. The van der Waals surface area contributed by atoms with E-state index in [1.54, 1.807) is 11.6 Å². The number of imidazole rings is 1. The molecule has 0 aliphatic heterocycles. The van der Waals surface area contributed by atoms with Gasteiger partial charge in [-0.1, -0.05) is 0 Å². The Labute approximate surface area is 86.3 Å². The Kier molecular flexibility index (Phi) is 3.39. The lowest BCUT2D eigenvalue weighted by Gasteiger charge is -2.00. The summed E-state index contributed by atoms with van der Waals surface area (Å²) in [6, 6.07) is 0. The molecule has 0 radical (unpaired) electrons. The highest BCUT2D eigenvalue weighted by Crippen LogP contribution is 2.23. The summed E-state index contributed by atoms with van der Waals surface area (Å²) in [5.74, 6) is -0.360. The molecule has 0 fully saturated rings. The Morgan fingerprint density at radius 1 is 1.83 bits per heavy atom. The summed E-state index contributed by atoms with van der Waals surface area (Å²) in [4.78, 5) is 15.1. The normalized spacial score (nSPS) is 9.92. The zero-order chi connectivity index (χ0) is 9.14. The molecule has 0 saturated carbocycles. The quantitative estimate of drug-likeness (QED) is 0.615. The van der Waals surface area contributed by atoms with Crippen LogP contribution in [0.2, 0.25) is 0 Å². The lowest BCUT2D eigenvalue weighted by Crippen LogP contribution is -2.07. The molecule has 4 nitrogen and oxygen atoms in total. The standard InChI is InChI=1S/C6H7IN2O2S/c1-9-4(5(10)11-2)3-8-6(9)12-7/h3H,1-2H3. The number of aromatic nitrogens is 2. The number of hydrogen-bond acceptors (Lipinski definition) is 4. The number of halogens is 1. The third-order valence-corrected chi connectivity index (χ3v) is 3.11. The second-order valence-corrected chi connectivity index (χ2v) is 3.89. The lowest BCUT2D eigenvalue weighted by molar-refractivity contribution is 0.0589. The SMILES string of the molecule is COC(=O)c1cnc(SI)n1C. The number of rotatable bonds is 2. The van der Waals surface area contributed by atoms with Crippen LogP contribution in [0, 0.1) is 0 Å². The van der Waals surface area contributed by atoms with E-state index in [1.807, 2.05) is 0 Å². The van der Waals surface area contributed by atoms with Gasteiger partial charge in [-0.25, -0.2) is 9.78 Å². The molecule has 0 amide bonds. The molecule has 0 aliphatic rings. The van der Waals surface area contributed by atoms with Crippen molar-refractivity contribution in [1.82, 2.24) is 9.55 Å². The third kappa shape index (κ3) is 1.74. The van der Waals surface area contributed by atoms with Crippen LogP contribution in [0.1, 0.15) is 10.5 Å². The van der Waals surface area contributed by atoms with Gasteiger partial charge in [0, 0.05) is 28.3 Å². The Morgan fingerprint density at radius 3 is 2.92 bits per heavy atom. The molecular weight excluding hydrogens is 291 g/mol. The summed E-state index contributed by atoms with van der Waals surface area (Å²) in [5.41, 5.74) is 0.469. The molecule has 0 spiro atoms. The first kappa shape index (κ1) is 9.85. The molecule has 0 aliphatic carbocycles. The van der Waals surface area contributed by atoms with Gasteiger partial charge in [-0.15, -0.1) is 0 Å². The highest BCUT2D eigenvalue weighted by Gasteiger charge is 2.13. The van der Waals surface area contributed by atoms with Crippen molar-refractivity contribution in [1.29, 1.82) is 0 Å². The van der Waals surface area contributed by atoms with Gasteiger partial charge in [-0.05, 0) is 8.93 Å². The van der Waals surface area contributed by atoms with Crippen LogP contribution in [-0.2, 0) is 11.8 Å². The van der Waals surface area contributed by atoms with Crippen LogP contribution in [0.15, 0.2) is 11.4 Å². The summed E-state index contributed by atoms with van der Waals surface area (Å²) in [7, 11) is 4.59. The Bertz CT molecular complexity index is 300. The average Bonchev–Trinajstić information content (AvgIpc) is 2.45. The fraction of sp³-hybridized carbons (Fsp3) is 0.333. The molecule has 0 unspecified atom stereocenters. The molecule has 66 valence electrons. The minimum atomic E-state index is -0.360. The van der Waals surface area contributed by atoms with E-state index in [0.29, 0.717) is 5.69 Å². The zero-order valence-electron chi connectivity index (χ0n) is 6.57. The van der Waals surface area contributed by atoms with Gasteiger partial charge in [-0.2, -0.15) is 0 Å². The van der Waals surface area contributed by atoms with E-state index < -0.39 is 0 Å². The van der Waals surface area contributed by atoms with Crippen molar-refractivity contribution in [3.8, 4) is 0 Å². The van der Waals surface area contributed by atoms with E-state index in [2.05, 4.69) is 30.9 Å². The number of methoxy groups -OCH3 is 1. The maximum atomic E-state index is 11.1. The maximum Gasteiger partial charge on any atom is 0.356 e. The Hall–Kier alpha value is -0.240. The van der Waals surface area contributed by atoms with Crippen LogP contribution in [0.5, 0.6) is 0 Å². The molecule has 1 aromatic heterocycles.